The first-order valence-electron chi connectivity index (χ1n) is 8.30. The first kappa shape index (κ1) is 18.8. The maximum atomic E-state index is 12.6. The molecule has 0 saturated carbocycles. The van der Waals surface area contributed by atoms with E-state index < -0.39 is 11.7 Å². The van der Waals surface area contributed by atoms with Crippen LogP contribution < -0.4 is 0 Å². The normalized spacial score (nSPS) is 20.0. The summed E-state index contributed by atoms with van der Waals surface area (Å²) in [6, 6.07) is 9.06. The van der Waals surface area contributed by atoms with Gasteiger partial charge in [-0.15, -0.1) is 0 Å². The number of amides is 1. The third kappa shape index (κ3) is 4.96. The number of likely N-dealkylation sites (tertiary alicyclic amines) is 1. The second kappa shape index (κ2) is 7.56. The Kier molecular flexibility index (Phi) is 5.68. The summed E-state index contributed by atoms with van der Waals surface area (Å²) >= 11 is 0. The summed E-state index contributed by atoms with van der Waals surface area (Å²) in [4.78, 5) is 25.9. The maximum absolute atomic E-state index is 12.6. The van der Waals surface area contributed by atoms with Gasteiger partial charge in [0, 0.05) is 6.54 Å². The standard InChI is InChI=1S/C19H24N2O4/c1-19(2,3)25-18(23)21-12-14(10-17(22)24-4)9-16(21)15-7-5-13(11-20)6-8-15/h5-8,14,16H,9-10,12H2,1-4H3/t14-,16+/m0/s1. The zero-order valence-electron chi connectivity index (χ0n) is 15.1. The smallest absolute Gasteiger partial charge is 0.410 e. The van der Waals surface area contributed by atoms with Gasteiger partial charge in [0.15, 0.2) is 0 Å². The number of carbonyl (C=O) groups excluding carboxylic acids is 2. The van der Waals surface area contributed by atoms with Crippen LogP contribution >= 0.6 is 0 Å². The Balaban J connectivity index is 2.23. The molecule has 0 bridgehead atoms. The van der Waals surface area contributed by atoms with E-state index in [1.165, 1.54) is 7.11 Å². The van der Waals surface area contributed by atoms with Crippen molar-refractivity contribution in [3.63, 3.8) is 0 Å². The molecule has 1 aromatic rings. The molecule has 6 nitrogen and oxygen atoms in total. The zero-order chi connectivity index (χ0) is 18.6. The Bertz CT molecular complexity index is 670. The number of hydrogen-bond donors (Lipinski definition) is 0. The van der Waals surface area contributed by atoms with Crippen molar-refractivity contribution in [2.75, 3.05) is 13.7 Å². The highest BCUT2D eigenvalue weighted by atomic mass is 16.6. The lowest BCUT2D eigenvalue weighted by molar-refractivity contribution is -0.141. The average molecular weight is 344 g/mol. The fourth-order valence-corrected chi connectivity index (χ4v) is 3.01. The van der Waals surface area contributed by atoms with Crippen molar-refractivity contribution in [2.45, 2.75) is 45.3 Å². The number of esters is 1. The average Bonchev–Trinajstić information content (AvgIpc) is 2.97. The zero-order valence-corrected chi connectivity index (χ0v) is 15.1. The Morgan fingerprint density at radius 1 is 1.28 bits per heavy atom. The lowest BCUT2D eigenvalue weighted by Crippen LogP contribution is -2.37. The van der Waals surface area contributed by atoms with Crippen LogP contribution in [0.2, 0.25) is 0 Å². The summed E-state index contributed by atoms with van der Waals surface area (Å²) in [5, 5.41) is 8.94. The van der Waals surface area contributed by atoms with Gasteiger partial charge >= 0.3 is 12.1 Å². The van der Waals surface area contributed by atoms with Crippen molar-refractivity contribution >= 4 is 12.1 Å². The topological polar surface area (TPSA) is 79.6 Å². The fourth-order valence-electron chi connectivity index (χ4n) is 3.01. The van der Waals surface area contributed by atoms with E-state index in [-0.39, 0.29) is 24.3 Å². The Labute approximate surface area is 148 Å². The van der Waals surface area contributed by atoms with Crippen molar-refractivity contribution in [1.82, 2.24) is 4.90 Å². The van der Waals surface area contributed by atoms with E-state index in [2.05, 4.69) is 6.07 Å². The molecule has 1 fully saturated rings. The summed E-state index contributed by atoms with van der Waals surface area (Å²) in [6.45, 7) is 5.91. The first-order valence-corrected chi connectivity index (χ1v) is 8.30. The summed E-state index contributed by atoms with van der Waals surface area (Å²) in [6.07, 6.45) is 0.525. The Hall–Kier alpha value is -2.55. The van der Waals surface area contributed by atoms with E-state index >= 15 is 0 Å². The van der Waals surface area contributed by atoms with Gasteiger partial charge in [-0.2, -0.15) is 5.26 Å². The molecule has 0 spiro atoms. The summed E-state index contributed by atoms with van der Waals surface area (Å²) < 4.78 is 10.3. The predicted octanol–water partition coefficient (Wildman–Crippen LogP) is 3.42. The van der Waals surface area contributed by atoms with Crippen LogP contribution in [0.15, 0.2) is 24.3 Å². The second-order valence-electron chi connectivity index (χ2n) is 7.26. The molecule has 6 heteroatoms. The third-order valence-corrected chi connectivity index (χ3v) is 4.12. The highest BCUT2D eigenvalue weighted by Gasteiger charge is 2.39. The van der Waals surface area contributed by atoms with Gasteiger partial charge in [-0.3, -0.25) is 4.79 Å². The van der Waals surface area contributed by atoms with Gasteiger partial charge in [-0.05, 0) is 50.8 Å². The van der Waals surface area contributed by atoms with E-state index in [1.807, 2.05) is 32.9 Å². The van der Waals surface area contributed by atoms with Crippen molar-refractivity contribution in [2.24, 2.45) is 5.92 Å². The third-order valence-electron chi connectivity index (χ3n) is 4.12. The molecule has 0 N–H and O–H groups in total. The number of methoxy groups -OCH3 is 1. The lowest BCUT2D eigenvalue weighted by Gasteiger charge is -2.28. The highest BCUT2D eigenvalue weighted by Crippen LogP contribution is 2.38. The molecule has 1 heterocycles. The minimum Gasteiger partial charge on any atom is -0.469 e. The summed E-state index contributed by atoms with van der Waals surface area (Å²) in [5.74, 6) is -0.268. The molecule has 1 amide bonds. The monoisotopic (exact) mass is 344 g/mol. The first-order chi connectivity index (χ1) is 11.7. The molecule has 1 aromatic carbocycles. The summed E-state index contributed by atoms with van der Waals surface area (Å²) in [7, 11) is 1.36. The lowest BCUT2D eigenvalue weighted by atomic mass is 9.97. The number of benzene rings is 1. The van der Waals surface area contributed by atoms with E-state index in [0.717, 1.165) is 5.56 Å². The van der Waals surface area contributed by atoms with Gasteiger partial charge in [0.05, 0.1) is 31.2 Å². The van der Waals surface area contributed by atoms with Gasteiger partial charge in [0.1, 0.15) is 5.60 Å². The molecule has 2 rings (SSSR count). The van der Waals surface area contributed by atoms with E-state index in [9.17, 15) is 9.59 Å². The fraction of sp³-hybridized carbons (Fsp3) is 0.526. The van der Waals surface area contributed by atoms with Gasteiger partial charge < -0.3 is 14.4 Å². The molecule has 25 heavy (non-hydrogen) atoms. The molecular formula is C19H24N2O4. The number of carbonyl (C=O) groups is 2. The number of ether oxygens (including phenoxy) is 2. The molecule has 1 aliphatic rings. The van der Waals surface area contributed by atoms with Crippen molar-refractivity contribution in [1.29, 1.82) is 5.26 Å². The molecule has 0 aliphatic carbocycles. The van der Waals surface area contributed by atoms with Crippen LogP contribution in [0.3, 0.4) is 0 Å². The number of hydrogen-bond acceptors (Lipinski definition) is 5. The Morgan fingerprint density at radius 2 is 1.92 bits per heavy atom. The van der Waals surface area contributed by atoms with Crippen LogP contribution in [-0.2, 0) is 14.3 Å². The van der Waals surface area contributed by atoms with E-state index in [0.29, 0.717) is 18.5 Å². The van der Waals surface area contributed by atoms with Crippen molar-refractivity contribution in [3.8, 4) is 6.07 Å². The molecule has 134 valence electrons. The number of nitrogens with zero attached hydrogens (tertiary/aromatic N) is 2. The van der Waals surface area contributed by atoms with Gasteiger partial charge in [0.25, 0.3) is 0 Å². The van der Waals surface area contributed by atoms with Gasteiger partial charge in [0.2, 0.25) is 0 Å². The van der Waals surface area contributed by atoms with Crippen LogP contribution in [0.4, 0.5) is 4.79 Å². The maximum Gasteiger partial charge on any atom is 0.410 e. The highest BCUT2D eigenvalue weighted by molar-refractivity contribution is 5.71. The van der Waals surface area contributed by atoms with Crippen LogP contribution in [0.1, 0.15) is 50.8 Å². The number of rotatable bonds is 3. The van der Waals surface area contributed by atoms with E-state index in [1.54, 1.807) is 17.0 Å². The second-order valence-corrected chi connectivity index (χ2v) is 7.26. The van der Waals surface area contributed by atoms with Crippen LogP contribution in [-0.4, -0.2) is 36.2 Å². The van der Waals surface area contributed by atoms with Crippen LogP contribution in [0.25, 0.3) is 0 Å². The SMILES string of the molecule is COC(=O)C[C@@H]1C[C@H](c2ccc(C#N)cc2)N(C(=O)OC(C)(C)C)C1. The largest absolute Gasteiger partial charge is 0.469 e. The van der Waals surface area contributed by atoms with Crippen LogP contribution in [0.5, 0.6) is 0 Å². The predicted molar refractivity (Wildman–Crippen MR) is 91.6 cm³/mol. The molecular weight excluding hydrogens is 320 g/mol. The summed E-state index contributed by atoms with van der Waals surface area (Å²) in [5.41, 5.74) is 0.904. The van der Waals surface area contributed by atoms with Crippen LogP contribution in [0, 0.1) is 17.2 Å². The molecule has 0 radical (unpaired) electrons. The van der Waals surface area contributed by atoms with Crippen molar-refractivity contribution in [3.05, 3.63) is 35.4 Å². The molecule has 0 unspecified atom stereocenters. The van der Waals surface area contributed by atoms with Gasteiger partial charge in [-0.25, -0.2) is 4.79 Å². The van der Waals surface area contributed by atoms with Crippen molar-refractivity contribution < 1.29 is 19.1 Å². The molecule has 1 aliphatic heterocycles. The Morgan fingerprint density at radius 3 is 2.44 bits per heavy atom. The molecule has 0 aromatic heterocycles. The van der Waals surface area contributed by atoms with Gasteiger partial charge in [-0.1, -0.05) is 12.1 Å². The molecule has 1 saturated heterocycles. The minimum absolute atomic E-state index is 0.0145. The minimum atomic E-state index is -0.591. The quantitative estimate of drug-likeness (QED) is 0.785. The molecule has 2 atom stereocenters. The number of nitriles is 1. The van der Waals surface area contributed by atoms with E-state index in [4.69, 9.17) is 14.7 Å².